The fraction of sp³-hybridized carbons (Fsp3) is 0.294. The van der Waals surface area contributed by atoms with Crippen LogP contribution in [0.2, 0.25) is 0 Å². The van der Waals surface area contributed by atoms with E-state index in [1.807, 2.05) is 30.3 Å². The highest BCUT2D eigenvalue weighted by molar-refractivity contribution is 9.10. The van der Waals surface area contributed by atoms with Gasteiger partial charge in [0.05, 0.1) is 11.3 Å². The number of fused-ring (bicyclic) bond motifs is 1. The number of aromatic nitrogens is 1. The van der Waals surface area contributed by atoms with Crippen molar-refractivity contribution in [2.45, 2.75) is 26.2 Å². The second-order valence-electron chi connectivity index (χ2n) is 5.46. The lowest BCUT2D eigenvalue weighted by atomic mass is 9.93. The number of rotatable bonds is 2. The van der Waals surface area contributed by atoms with Crippen molar-refractivity contribution in [2.24, 2.45) is 5.92 Å². The van der Waals surface area contributed by atoms with Gasteiger partial charge in [0.15, 0.2) is 0 Å². The highest BCUT2D eigenvalue weighted by Gasteiger charge is 2.20. The summed E-state index contributed by atoms with van der Waals surface area (Å²) in [7, 11) is 0. The molecule has 3 rings (SSSR count). The molecule has 1 aromatic heterocycles. The van der Waals surface area contributed by atoms with Gasteiger partial charge in [-0.2, -0.15) is 5.26 Å². The first-order valence-corrected chi connectivity index (χ1v) is 8.63. The molecule has 4 heteroatoms. The van der Waals surface area contributed by atoms with Gasteiger partial charge in [0, 0.05) is 9.35 Å². The predicted molar refractivity (Wildman–Crippen MR) is 90.9 cm³/mol. The van der Waals surface area contributed by atoms with Crippen LogP contribution in [-0.2, 0) is 12.8 Å². The van der Waals surface area contributed by atoms with Crippen LogP contribution >= 0.6 is 27.3 Å². The van der Waals surface area contributed by atoms with E-state index in [4.69, 9.17) is 0 Å². The molecule has 0 amide bonds. The Morgan fingerprint density at radius 3 is 2.90 bits per heavy atom. The smallest absolute Gasteiger partial charge is 0.134 e. The lowest BCUT2D eigenvalue weighted by Crippen LogP contribution is -2.09. The van der Waals surface area contributed by atoms with Crippen LogP contribution in [0.1, 0.15) is 34.5 Å². The third kappa shape index (κ3) is 3.25. The predicted octanol–water partition coefficient (Wildman–Crippen LogP) is 5.09. The van der Waals surface area contributed by atoms with Crippen LogP contribution in [-0.4, -0.2) is 4.98 Å². The molecular weight excluding hydrogens is 344 g/mol. The average molecular weight is 359 g/mol. The van der Waals surface area contributed by atoms with Gasteiger partial charge in [-0.3, -0.25) is 0 Å². The van der Waals surface area contributed by atoms with E-state index in [0.29, 0.717) is 5.57 Å². The van der Waals surface area contributed by atoms with E-state index in [2.05, 4.69) is 33.9 Å². The normalized spacial score (nSPS) is 18.1. The van der Waals surface area contributed by atoms with E-state index in [-0.39, 0.29) is 0 Å². The second-order valence-corrected chi connectivity index (χ2v) is 7.46. The minimum atomic E-state index is 0.657. The van der Waals surface area contributed by atoms with E-state index in [0.717, 1.165) is 33.8 Å². The molecule has 1 heterocycles. The van der Waals surface area contributed by atoms with Gasteiger partial charge in [0.2, 0.25) is 0 Å². The van der Waals surface area contributed by atoms with Crippen LogP contribution in [0.5, 0.6) is 0 Å². The third-order valence-electron chi connectivity index (χ3n) is 3.72. The lowest BCUT2D eigenvalue weighted by Gasteiger charge is -2.15. The van der Waals surface area contributed by atoms with Gasteiger partial charge in [-0.1, -0.05) is 35.0 Å². The van der Waals surface area contributed by atoms with Crippen LogP contribution in [0, 0.1) is 17.2 Å². The summed E-state index contributed by atoms with van der Waals surface area (Å²) in [5.74, 6) is 0.729. The lowest BCUT2D eigenvalue weighted by molar-refractivity contribution is 0.502. The Hall–Kier alpha value is -1.44. The fourth-order valence-electron chi connectivity index (χ4n) is 2.52. The van der Waals surface area contributed by atoms with Gasteiger partial charge >= 0.3 is 0 Å². The van der Waals surface area contributed by atoms with E-state index < -0.39 is 0 Å². The number of halogens is 1. The molecule has 2 nitrogen and oxygen atoms in total. The summed E-state index contributed by atoms with van der Waals surface area (Å²) in [5, 5.41) is 10.3. The number of hydrogen-bond acceptors (Lipinski definition) is 3. The minimum absolute atomic E-state index is 0.657. The maximum atomic E-state index is 9.45. The molecule has 0 fully saturated rings. The molecular formula is C17H15BrN2S. The van der Waals surface area contributed by atoms with Crippen molar-refractivity contribution in [1.82, 2.24) is 4.98 Å². The van der Waals surface area contributed by atoms with Crippen molar-refractivity contribution >= 4 is 38.9 Å². The van der Waals surface area contributed by atoms with E-state index in [1.54, 1.807) is 11.3 Å². The standard InChI is InChI=1S/C17H15BrN2S/c1-11-2-7-15-16(8-11)21-17(20-15)13(10-19)9-12-3-5-14(18)6-4-12/h3-6,9,11H,2,7-8H2,1H3/b13-9-. The Morgan fingerprint density at radius 1 is 1.43 bits per heavy atom. The van der Waals surface area contributed by atoms with E-state index >= 15 is 0 Å². The first-order valence-electron chi connectivity index (χ1n) is 7.02. The molecule has 2 aromatic rings. The molecule has 0 saturated heterocycles. The maximum absolute atomic E-state index is 9.45. The third-order valence-corrected chi connectivity index (χ3v) is 5.40. The molecule has 1 aromatic carbocycles. The van der Waals surface area contributed by atoms with Crippen molar-refractivity contribution < 1.29 is 0 Å². The topological polar surface area (TPSA) is 36.7 Å². The molecule has 1 atom stereocenters. The Morgan fingerprint density at radius 2 is 2.19 bits per heavy atom. The summed E-state index contributed by atoms with van der Waals surface area (Å²) in [6, 6.07) is 10.3. The van der Waals surface area contributed by atoms with Gasteiger partial charge in [0.1, 0.15) is 11.1 Å². The number of benzene rings is 1. The number of nitriles is 1. The number of hydrogen-bond donors (Lipinski definition) is 0. The maximum Gasteiger partial charge on any atom is 0.134 e. The quantitative estimate of drug-likeness (QED) is 0.700. The molecule has 0 spiro atoms. The largest absolute Gasteiger partial charge is 0.240 e. The minimum Gasteiger partial charge on any atom is -0.240 e. The first kappa shape index (κ1) is 14.5. The molecule has 1 aliphatic rings. The van der Waals surface area contributed by atoms with Crippen molar-refractivity contribution in [3.63, 3.8) is 0 Å². The molecule has 0 aliphatic heterocycles. The van der Waals surface area contributed by atoms with Gasteiger partial charge in [-0.25, -0.2) is 4.98 Å². The number of thiazole rings is 1. The van der Waals surface area contributed by atoms with E-state index in [9.17, 15) is 5.26 Å². The molecule has 0 saturated carbocycles. The van der Waals surface area contributed by atoms with Crippen LogP contribution in [0.3, 0.4) is 0 Å². The number of allylic oxidation sites excluding steroid dienone is 1. The fourth-order valence-corrected chi connectivity index (χ4v) is 4.02. The first-order chi connectivity index (χ1) is 10.2. The van der Waals surface area contributed by atoms with Gasteiger partial charge in [-0.15, -0.1) is 11.3 Å². The van der Waals surface area contributed by atoms with Crippen molar-refractivity contribution in [3.05, 3.63) is 49.9 Å². The van der Waals surface area contributed by atoms with Crippen molar-refractivity contribution in [1.29, 1.82) is 5.26 Å². The Kier molecular flexibility index (Phi) is 4.23. The zero-order valence-electron chi connectivity index (χ0n) is 11.8. The molecule has 106 valence electrons. The summed E-state index contributed by atoms with van der Waals surface area (Å²) in [6.45, 7) is 2.28. The summed E-state index contributed by atoms with van der Waals surface area (Å²) in [6.07, 6.45) is 5.27. The van der Waals surface area contributed by atoms with Crippen LogP contribution in [0.4, 0.5) is 0 Å². The highest BCUT2D eigenvalue weighted by atomic mass is 79.9. The Bertz CT molecular complexity index is 722. The summed E-state index contributed by atoms with van der Waals surface area (Å²) in [5.41, 5.74) is 2.88. The highest BCUT2D eigenvalue weighted by Crippen LogP contribution is 2.33. The monoisotopic (exact) mass is 358 g/mol. The zero-order chi connectivity index (χ0) is 14.8. The van der Waals surface area contributed by atoms with Crippen LogP contribution < -0.4 is 0 Å². The molecule has 21 heavy (non-hydrogen) atoms. The molecule has 1 aliphatic carbocycles. The summed E-state index contributed by atoms with van der Waals surface area (Å²) >= 11 is 5.10. The Balaban J connectivity index is 1.94. The summed E-state index contributed by atoms with van der Waals surface area (Å²) < 4.78 is 1.04. The molecule has 0 N–H and O–H groups in total. The number of aryl methyl sites for hydroxylation is 1. The van der Waals surface area contributed by atoms with E-state index in [1.165, 1.54) is 17.0 Å². The van der Waals surface area contributed by atoms with Crippen LogP contribution in [0.25, 0.3) is 11.6 Å². The Labute approximate surface area is 137 Å². The van der Waals surface area contributed by atoms with Crippen LogP contribution in [0.15, 0.2) is 28.7 Å². The van der Waals surface area contributed by atoms with Crippen molar-refractivity contribution in [3.8, 4) is 6.07 Å². The molecule has 1 unspecified atom stereocenters. The van der Waals surface area contributed by atoms with Gasteiger partial charge in [-0.05, 0) is 49.0 Å². The zero-order valence-corrected chi connectivity index (χ0v) is 14.2. The molecule has 0 radical (unpaired) electrons. The second kappa shape index (κ2) is 6.13. The SMILES string of the molecule is CC1CCc2nc(/C(C#N)=C\c3ccc(Br)cc3)sc2C1. The molecule has 0 bridgehead atoms. The average Bonchev–Trinajstić information content (AvgIpc) is 2.89. The van der Waals surface area contributed by atoms with Crippen molar-refractivity contribution in [2.75, 3.05) is 0 Å². The van der Waals surface area contributed by atoms with Gasteiger partial charge in [0.25, 0.3) is 0 Å². The van der Waals surface area contributed by atoms with Gasteiger partial charge < -0.3 is 0 Å². The summed E-state index contributed by atoms with van der Waals surface area (Å²) in [4.78, 5) is 6.05. The number of nitrogens with zero attached hydrogens (tertiary/aromatic N) is 2.